The van der Waals surface area contributed by atoms with Crippen molar-refractivity contribution >= 4 is 21.6 Å². The van der Waals surface area contributed by atoms with Crippen LogP contribution in [0.15, 0.2) is 24.3 Å². The van der Waals surface area contributed by atoms with Gasteiger partial charge < -0.3 is 11.1 Å². The molecule has 0 aliphatic rings. The van der Waals surface area contributed by atoms with Gasteiger partial charge in [-0.25, -0.2) is 13.1 Å². The summed E-state index contributed by atoms with van der Waals surface area (Å²) in [5.41, 5.74) is 6.64. The molecule has 20 heavy (non-hydrogen) atoms. The maximum atomic E-state index is 12.0. The average Bonchev–Trinajstić information content (AvgIpc) is 2.30. The van der Waals surface area contributed by atoms with E-state index in [1.54, 1.807) is 24.3 Å². The molecule has 1 atom stereocenters. The van der Waals surface area contributed by atoms with Crippen LogP contribution in [0.4, 0.5) is 5.69 Å². The van der Waals surface area contributed by atoms with E-state index in [1.807, 2.05) is 13.8 Å². The van der Waals surface area contributed by atoms with E-state index in [1.165, 1.54) is 6.92 Å². The number of amides is 1. The van der Waals surface area contributed by atoms with Crippen molar-refractivity contribution in [2.24, 2.45) is 0 Å². The minimum Gasteiger partial charge on any atom is -0.398 e. The van der Waals surface area contributed by atoms with Gasteiger partial charge in [0.15, 0.2) is 0 Å². The Bertz CT molecular complexity index is 570. The van der Waals surface area contributed by atoms with Gasteiger partial charge in [0.25, 0.3) is 0 Å². The van der Waals surface area contributed by atoms with Crippen LogP contribution in [-0.2, 0) is 20.6 Å². The smallest absolute Gasteiger partial charge is 0.238 e. The molecule has 0 saturated carbocycles. The second-order valence-electron chi connectivity index (χ2n) is 4.96. The molecule has 7 heteroatoms. The fourth-order valence-electron chi connectivity index (χ4n) is 1.64. The van der Waals surface area contributed by atoms with Crippen molar-refractivity contribution in [2.75, 3.05) is 5.73 Å². The monoisotopic (exact) mass is 299 g/mol. The van der Waals surface area contributed by atoms with Crippen molar-refractivity contribution < 1.29 is 13.2 Å². The molecule has 0 aliphatic heterocycles. The number of carbonyl (C=O) groups excluding carboxylic acids is 1. The lowest BCUT2D eigenvalue weighted by atomic mass is 10.2. The maximum Gasteiger partial charge on any atom is 0.238 e. The van der Waals surface area contributed by atoms with Gasteiger partial charge in [-0.05, 0) is 32.4 Å². The molecule has 1 rings (SSSR count). The van der Waals surface area contributed by atoms with Crippen molar-refractivity contribution in [2.45, 2.75) is 38.6 Å². The molecule has 0 fully saturated rings. The van der Waals surface area contributed by atoms with Gasteiger partial charge in [0.1, 0.15) is 0 Å². The average molecular weight is 299 g/mol. The normalized spacial score (nSPS) is 13.2. The lowest BCUT2D eigenvalue weighted by Gasteiger charge is -2.16. The van der Waals surface area contributed by atoms with Crippen LogP contribution in [0.5, 0.6) is 0 Å². The Balaban J connectivity index is 2.71. The van der Waals surface area contributed by atoms with Gasteiger partial charge in [0.05, 0.1) is 11.8 Å². The van der Waals surface area contributed by atoms with Gasteiger partial charge in [-0.3, -0.25) is 4.79 Å². The van der Waals surface area contributed by atoms with Crippen LogP contribution in [0.3, 0.4) is 0 Å². The number of rotatable bonds is 6. The molecule has 0 spiro atoms. The van der Waals surface area contributed by atoms with Crippen LogP contribution >= 0.6 is 0 Å². The van der Waals surface area contributed by atoms with Crippen LogP contribution in [0.25, 0.3) is 0 Å². The Labute approximate surface area is 119 Å². The highest BCUT2D eigenvalue weighted by Crippen LogP contribution is 2.13. The summed E-state index contributed by atoms with van der Waals surface area (Å²) in [7, 11) is -3.63. The zero-order chi connectivity index (χ0) is 15.3. The third-order valence-corrected chi connectivity index (χ3v) is 3.98. The fraction of sp³-hybridized carbons (Fsp3) is 0.462. The molecule has 6 nitrogen and oxygen atoms in total. The molecule has 112 valence electrons. The predicted molar refractivity (Wildman–Crippen MR) is 79.4 cm³/mol. The number of hydrogen-bond acceptors (Lipinski definition) is 4. The first-order valence-electron chi connectivity index (χ1n) is 6.35. The van der Waals surface area contributed by atoms with E-state index in [2.05, 4.69) is 10.0 Å². The molecule has 0 aromatic heterocycles. The molecule has 1 aromatic rings. The molecule has 0 aliphatic carbocycles. The summed E-state index contributed by atoms with van der Waals surface area (Å²) in [5.74, 6) is -0.608. The second kappa shape index (κ2) is 6.71. The predicted octanol–water partition coefficient (Wildman–Crippen LogP) is 0.601. The number of nitrogens with one attached hydrogen (secondary N) is 2. The van der Waals surface area contributed by atoms with Crippen molar-refractivity contribution in [1.29, 1.82) is 0 Å². The van der Waals surface area contributed by atoms with Gasteiger partial charge in [-0.1, -0.05) is 18.2 Å². The van der Waals surface area contributed by atoms with E-state index < -0.39 is 16.1 Å². The molecule has 1 unspecified atom stereocenters. The molecular weight excluding hydrogens is 278 g/mol. The minimum atomic E-state index is -3.63. The van der Waals surface area contributed by atoms with Gasteiger partial charge in [-0.15, -0.1) is 0 Å². The molecule has 0 radical (unpaired) electrons. The Morgan fingerprint density at radius 3 is 2.40 bits per heavy atom. The number of anilines is 1. The van der Waals surface area contributed by atoms with E-state index >= 15 is 0 Å². The highest BCUT2D eigenvalue weighted by atomic mass is 32.2. The highest BCUT2D eigenvalue weighted by molar-refractivity contribution is 7.88. The summed E-state index contributed by atoms with van der Waals surface area (Å²) in [6, 6.07) is 5.87. The maximum absolute atomic E-state index is 12.0. The number of hydrogen-bond donors (Lipinski definition) is 3. The summed E-state index contributed by atoms with van der Waals surface area (Å²) in [4.78, 5) is 11.7. The van der Waals surface area contributed by atoms with Gasteiger partial charge in [0, 0.05) is 11.7 Å². The van der Waals surface area contributed by atoms with E-state index in [4.69, 9.17) is 5.73 Å². The Morgan fingerprint density at radius 1 is 1.25 bits per heavy atom. The minimum absolute atomic E-state index is 0.0424. The van der Waals surface area contributed by atoms with Crippen LogP contribution in [0, 0.1) is 0 Å². The lowest BCUT2D eigenvalue weighted by molar-refractivity contribution is -0.122. The number of para-hydroxylation sites is 1. The van der Waals surface area contributed by atoms with Crippen molar-refractivity contribution in [1.82, 2.24) is 10.0 Å². The summed E-state index contributed by atoms with van der Waals surface area (Å²) < 4.78 is 26.4. The number of sulfonamides is 1. The van der Waals surface area contributed by atoms with Crippen molar-refractivity contribution in [3.05, 3.63) is 29.8 Å². The third kappa shape index (κ3) is 5.18. The van der Waals surface area contributed by atoms with E-state index in [-0.39, 0.29) is 17.7 Å². The first-order valence-corrected chi connectivity index (χ1v) is 8.00. The summed E-state index contributed by atoms with van der Waals surface area (Å²) in [5, 5.41) is 2.65. The number of carbonyl (C=O) groups is 1. The van der Waals surface area contributed by atoms with Gasteiger partial charge in [0.2, 0.25) is 15.9 Å². The topological polar surface area (TPSA) is 101 Å². The Hall–Kier alpha value is -1.60. The third-order valence-electron chi connectivity index (χ3n) is 2.58. The number of benzene rings is 1. The van der Waals surface area contributed by atoms with Gasteiger partial charge in [-0.2, -0.15) is 0 Å². The lowest BCUT2D eigenvalue weighted by Crippen LogP contribution is -2.47. The highest BCUT2D eigenvalue weighted by Gasteiger charge is 2.21. The second-order valence-corrected chi connectivity index (χ2v) is 6.71. The van der Waals surface area contributed by atoms with Crippen molar-refractivity contribution in [3.63, 3.8) is 0 Å². The van der Waals surface area contributed by atoms with E-state index in [0.29, 0.717) is 11.3 Å². The fourth-order valence-corrected chi connectivity index (χ4v) is 3.05. The first-order chi connectivity index (χ1) is 9.21. The Morgan fingerprint density at radius 2 is 1.85 bits per heavy atom. The number of nitrogens with two attached hydrogens (primary N) is 1. The quantitative estimate of drug-likeness (QED) is 0.669. The molecule has 0 bridgehead atoms. The van der Waals surface area contributed by atoms with Crippen LogP contribution in [-0.4, -0.2) is 26.4 Å². The standard InChI is InChI=1S/C13H21N3O3S/c1-9(2)15-13(17)10(3)16-20(18,19)8-11-6-4-5-7-12(11)14/h4-7,9-10,16H,8,14H2,1-3H3,(H,15,17). The molecule has 0 heterocycles. The Kier molecular flexibility index (Phi) is 5.52. The largest absolute Gasteiger partial charge is 0.398 e. The molecule has 0 saturated heterocycles. The molecular formula is C13H21N3O3S. The van der Waals surface area contributed by atoms with Gasteiger partial charge >= 0.3 is 0 Å². The summed E-state index contributed by atoms with van der Waals surface area (Å²) >= 11 is 0. The molecule has 1 aromatic carbocycles. The first kappa shape index (κ1) is 16.5. The summed E-state index contributed by atoms with van der Waals surface area (Å²) in [6.07, 6.45) is 0. The molecule has 4 N–H and O–H groups in total. The van der Waals surface area contributed by atoms with E-state index in [0.717, 1.165) is 0 Å². The summed E-state index contributed by atoms with van der Waals surface area (Å²) in [6.45, 7) is 5.12. The van der Waals surface area contributed by atoms with E-state index in [9.17, 15) is 13.2 Å². The van der Waals surface area contributed by atoms with Crippen LogP contribution in [0.2, 0.25) is 0 Å². The van der Waals surface area contributed by atoms with Crippen LogP contribution in [0.1, 0.15) is 26.3 Å². The zero-order valence-electron chi connectivity index (χ0n) is 11.9. The number of nitrogen functional groups attached to an aromatic ring is 1. The van der Waals surface area contributed by atoms with Crippen LogP contribution < -0.4 is 15.8 Å². The van der Waals surface area contributed by atoms with Crippen molar-refractivity contribution in [3.8, 4) is 0 Å². The molecule has 1 amide bonds. The SMILES string of the molecule is CC(C)NC(=O)C(C)NS(=O)(=O)Cc1ccccc1N. The zero-order valence-corrected chi connectivity index (χ0v) is 12.7.